The number of aromatic amines is 1. The SMILES string of the molecule is C[C@H](CN1Cc2cc3c(cc2C1=O)CC(c1c(N[C@@H](C)Cc2sccc2Cl)cc[nH]c1=O)=N3)N(C)C. The van der Waals surface area contributed by atoms with Gasteiger partial charge in [-0.2, -0.15) is 0 Å². The highest BCUT2D eigenvalue weighted by Crippen LogP contribution is 2.36. The lowest BCUT2D eigenvalue weighted by molar-refractivity contribution is 0.0739. The zero-order valence-electron chi connectivity index (χ0n) is 20.9. The Balaban J connectivity index is 1.38. The molecule has 0 fully saturated rings. The molecule has 5 rings (SSSR count). The van der Waals surface area contributed by atoms with Crippen LogP contribution in [0.5, 0.6) is 0 Å². The molecule has 9 heteroatoms. The summed E-state index contributed by atoms with van der Waals surface area (Å²) in [6, 6.07) is 8.11. The molecule has 1 aromatic carbocycles. The van der Waals surface area contributed by atoms with Crippen LogP contribution in [0.4, 0.5) is 11.4 Å². The van der Waals surface area contributed by atoms with E-state index in [9.17, 15) is 9.59 Å². The molecule has 188 valence electrons. The Morgan fingerprint density at radius 3 is 2.75 bits per heavy atom. The van der Waals surface area contributed by atoms with Gasteiger partial charge in [-0.1, -0.05) is 11.6 Å². The lowest BCUT2D eigenvalue weighted by Gasteiger charge is -2.25. The molecule has 0 spiro atoms. The molecule has 2 aliphatic rings. The number of carbonyl (C=O) groups excluding carboxylic acids is 1. The fraction of sp³-hybridized carbons (Fsp3) is 0.370. The van der Waals surface area contributed by atoms with E-state index in [1.165, 1.54) is 0 Å². The van der Waals surface area contributed by atoms with E-state index in [0.29, 0.717) is 30.8 Å². The van der Waals surface area contributed by atoms with E-state index >= 15 is 0 Å². The Morgan fingerprint density at radius 2 is 2.03 bits per heavy atom. The first-order chi connectivity index (χ1) is 17.2. The number of hydrogen-bond donors (Lipinski definition) is 2. The predicted octanol–water partition coefficient (Wildman–Crippen LogP) is 4.72. The number of nitrogens with one attached hydrogen (secondary N) is 2. The summed E-state index contributed by atoms with van der Waals surface area (Å²) in [4.78, 5) is 38.8. The first-order valence-corrected chi connectivity index (χ1v) is 13.4. The number of halogens is 1. The van der Waals surface area contributed by atoms with Crippen LogP contribution in [0, 0.1) is 0 Å². The molecular weight excluding hydrogens is 494 g/mol. The van der Waals surface area contributed by atoms with Gasteiger partial charge in [0.25, 0.3) is 11.5 Å². The van der Waals surface area contributed by atoms with Gasteiger partial charge in [0.2, 0.25) is 0 Å². The second-order valence-electron chi connectivity index (χ2n) is 9.91. The Bertz CT molecular complexity index is 1410. The zero-order chi connectivity index (χ0) is 25.6. The number of rotatable bonds is 8. The molecule has 2 atom stereocenters. The highest BCUT2D eigenvalue weighted by Gasteiger charge is 2.32. The molecule has 7 nitrogen and oxygen atoms in total. The third kappa shape index (κ3) is 4.73. The van der Waals surface area contributed by atoms with E-state index in [0.717, 1.165) is 44.4 Å². The molecule has 0 saturated carbocycles. The average molecular weight is 524 g/mol. The number of amides is 1. The van der Waals surface area contributed by atoms with Gasteiger partial charge < -0.3 is 20.1 Å². The van der Waals surface area contributed by atoms with Crippen LogP contribution in [0.25, 0.3) is 0 Å². The first-order valence-electron chi connectivity index (χ1n) is 12.1. The highest BCUT2D eigenvalue weighted by molar-refractivity contribution is 7.10. The monoisotopic (exact) mass is 523 g/mol. The summed E-state index contributed by atoms with van der Waals surface area (Å²) in [5.74, 6) is 0.0657. The van der Waals surface area contributed by atoms with E-state index < -0.39 is 0 Å². The maximum absolute atomic E-state index is 13.1. The average Bonchev–Trinajstić information content (AvgIpc) is 3.50. The number of thiophene rings is 1. The lowest BCUT2D eigenvalue weighted by atomic mass is 10.00. The van der Waals surface area contributed by atoms with Crippen LogP contribution in [-0.4, -0.2) is 59.1 Å². The summed E-state index contributed by atoms with van der Waals surface area (Å²) in [7, 11) is 4.05. The van der Waals surface area contributed by atoms with Crippen LogP contribution >= 0.6 is 22.9 Å². The minimum Gasteiger partial charge on any atom is -0.381 e. The molecule has 2 N–H and O–H groups in total. The summed E-state index contributed by atoms with van der Waals surface area (Å²) in [6.07, 6.45) is 2.92. The molecule has 2 aliphatic heterocycles. The molecule has 2 aromatic heterocycles. The third-order valence-corrected chi connectivity index (χ3v) is 8.41. The zero-order valence-corrected chi connectivity index (χ0v) is 22.5. The number of benzene rings is 1. The topological polar surface area (TPSA) is 80.8 Å². The van der Waals surface area contributed by atoms with Crippen molar-refractivity contribution >= 4 is 45.9 Å². The first kappa shape index (κ1) is 24.7. The van der Waals surface area contributed by atoms with Gasteiger partial charge in [-0.05, 0) is 68.7 Å². The number of aliphatic imine (C=N–C) groups is 1. The highest BCUT2D eigenvalue weighted by atomic mass is 35.5. The van der Waals surface area contributed by atoms with Crippen LogP contribution in [0.1, 0.15) is 45.8 Å². The van der Waals surface area contributed by atoms with Gasteiger partial charge in [-0.3, -0.25) is 14.6 Å². The molecule has 1 amide bonds. The Kier molecular flexibility index (Phi) is 6.76. The summed E-state index contributed by atoms with van der Waals surface area (Å²) in [5, 5.41) is 6.24. The second kappa shape index (κ2) is 9.84. The van der Waals surface area contributed by atoms with Gasteiger partial charge >= 0.3 is 0 Å². The van der Waals surface area contributed by atoms with Crippen LogP contribution in [0.2, 0.25) is 5.02 Å². The van der Waals surface area contributed by atoms with Crippen molar-refractivity contribution in [3.63, 3.8) is 0 Å². The smallest absolute Gasteiger partial charge is 0.259 e. The number of H-pyrrole nitrogens is 1. The van der Waals surface area contributed by atoms with Crippen molar-refractivity contribution in [2.75, 3.05) is 26.0 Å². The van der Waals surface area contributed by atoms with Crippen LogP contribution in [0.15, 0.2) is 45.6 Å². The van der Waals surface area contributed by atoms with E-state index in [1.807, 2.05) is 48.6 Å². The van der Waals surface area contributed by atoms with Crippen molar-refractivity contribution in [3.05, 3.63) is 78.3 Å². The van der Waals surface area contributed by atoms with E-state index in [2.05, 4.69) is 29.0 Å². The minimum atomic E-state index is -0.180. The molecule has 0 radical (unpaired) electrons. The molecule has 36 heavy (non-hydrogen) atoms. The minimum absolute atomic E-state index is 0.0657. The lowest BCUT2D eigenvalue weighted by Crippen LogP contribution is -2.38. The number of hydrogen-bond acceptors (Lipinski definition) is 6. The van der Waals surface area contributed by atoms with Gasteiger partial charge in [0.15, 0.2) is 0 Å². The number of fused-ring (bicyclic) bond motifs is 2. The van der Waals surface area contributed by atoms with Gasteiger partial charge in [0.1, 0.15) is 0 Å². The van der Waals surface area contributed by atoms with Crippen molar-refractivity contribution in [2.45, 2.75) is 45.3 Å². The summed E-state index contributed by atoms with van der Waals surface area (Å²) < 4.78 is 0. The maximum Gasteiger partial charge on any atom is 0.259 e. The van der Waals surface area contributed by atoms with Crippen molar-refractivity contribution in [3.8, 4) is 0 Å². The van der Waals surface area contributed by atoms with Crippen molar-refractivity contribution in [2.24, 2.45) is 4.99 Å². The number of anilines is 1. The van der Waals surface area contributed by atoms with E-state index in [4.69, 9.17) is 16.6 Å². The van der Waals surface area contributed by atoms with Gasteiger partial charge in [-0.25, -0.2) is 0 Å². The van der Waals surface area contributed by atoms with Gasteiger partial charge in [0, 0.05) is 54.7 Å². The summed E-state index contributed by atoms with van der Waals surface area (Å²) in [6.45, 7) is 5.46. The maximum atomic E-state index is 13.1. The number of carbonyl (C=O) groups is 1. The van der Waals surface area contributed by atoms with Crippen molar-refractivity contribution in [1.82, 2.24) is 14.8 Å². The largest absolute Gasteiger partial charge is 0.381 e. The van der Waals surface area contributed by atoms with Gasteiger partial charge in [0.05, 0.1) is 27.7 Å². The number of aromatic nitrogens is 1. The van der Waals surface area contributed by atoms with Crippen LogP contribution in [-0.2, 0) is 19.4 Å². The molecule has 0 saturated heterocycles. The third-order valence-electron chi connectivity index (χ3n) is 7.00. The number of nitrogens with zero attached hydrogens (tertiary/aromatic N) is 3. The number of likely N-dealkylation sites (N-methyl/N-ethyl adjacent to an activating group) is 1. The quantitative estimate of drug-likeness (QED) is 0.448. The molecule has 0 aliphatic carbocycles. The van der Waals surface area contributed by atoms with Crippen LogP contribution in [0.3, 0.4) is 0 Å². The standard InChI is InChI=1S/C27H30ClN5O2S/c1-15(9-24-20(28)6-8-36-24)30-21-5-7-29-26(34)25(21)23-11-17-10-19-18(12-22(17)31-23)14-33(27(19)35)13-16(2)32(3)4/h5-8,10,12,15-16H,9,11,13-14H2,1-4H3,(H2,29,30,34)/t15-,16+/m0/s1. The number of pyridine rings is 1. The van der Waals surface area contributed by atoms with Crippen molar-refractivity contribution in [1.29, 1.82) is 0 Å². The Hall–Kier alpha value is -2.94. The fourth-order valence-electron chi connectivity index (χ4n) is 4.79. The fourth-order valence-corrected chi connectivity index (χ4v) is 6.03. The van der Waals surface area contributed by atoms with E-state index in [-0.39, 0.29) is 23.6 Å². The molecule has 0 bridgehead atoms. The van der Waals surface area contributed by atoms with Gasteiger partial charge in [-0.15, -0.1) is 11.3 Å². The molecular formula is C27H30ClN5O2S. The normalized spacial score (nSPS) is 16.2. The Labute approximate surface area is 219 Å². The molecule has 4 heterocycles. The van der Waals surface area contributed by atoms with Crippen molar-refractivity contribution < 1.29 is 4.79 Å². The predicted molar refractivity (Wildman–Crippen MR) is 147 cm³/mol. The Morgan fingerprint density at radius 1 is 1.22 bits per heavy atom. The molecule has 0 unspecified atom stereocenters. The second-order valence-corrected chi connectivity index (χ2v) is 11.3. The molecule has 3 aromatic rings. The van der Waals surface area contributed by atoms with Crippen LogP contribution < -0.4 is 10.9 Å². The summed E-state index contributed by atoms with van der Waals surface area (Å²) in [5.41, 5.74) is 5.39. The van der Waals surface area contributed by atoms with E-state index in [1.54, 1.807) is 17.5 Å². The summed E-state index contributed by atoms with van der Waals surface area (Å²) >= 11 is 7.91.